The van der Waals surface area contributed by atoms with Gasteiger partial charge in [-0.15, -0.1) is 0 Å². The highest BCUT2D eigenvalue weighted by atomic mass is 19.1. The number of aromatic nitrogens is 1. The number of likely N-dealkylation sites (N-methyl/N-ethyl adjacent to an activating group) is 1. The van der Waals surface area contributed by atoms with Crippen molar-refractivity contribution in [1.29, 1.82) is 0 Å². The smallest absolute Gasteiger partial charge is 0.255 e. The quantitative estimate of drug-likeness (QED) is 0.937. The predicted molar refractivity (Wildman–Crippen MR) is 92.9 cm³/mol. The molecule has 1 aliphatic rings. The highest BCUT2D eigenvalue weighted by Crippen LogP contribution is 2.17. The Balaban J connectivity index is 1.60. The number of benzene rings is 1. The summed E-state index contributed by atoms with van der Waals surface area (Å²) in [6, 6.07) is 9.22. The second-order valence-corrected chi connectivity index (χ2v) is 5.79. The van der Waals surface area contributed by atoms with E-state index in [9.17, 15) is 9.18 Å². The molecule has 5 nitrogen and oxygen atoms in total. The molecule has 126 valence electrons. The summed E-state index contributed by atoms with van der Waals surface area (Å²) in [6.07, 6.45) is 1.66. The van der Waals surface area contributed by atoms with Crippen molar-refractivity contribution in [3.8, 4) is 0 Å². The molecule has 1 amide bonds. The Morgan fingerprint density at radius 1 is 1.12 bits per heavy atom. The van der Waals surface area contributed by atoms with Crippen LogP contribution in [0.2, 0.25) is 0 Å². The topological polar surface area (TPSA) is 48.5 Å². The lowest BCUT2D eigenvalue weighted by Crippen LogP contribution is -2.46. The van der Waals surface area contributed by atoms with Crippen LogP contribution in [0.1, 0.15) is 17.3 Å². The minimum absolute atomic E-state index is 0.277. The Kier molecular flexibility index (Phi) is 5.05. The first kappa shape index (κ1) is 16.4. The molecule has 0 unspecified atom stereocenters. The van der Waals surface area contributed by atoms with Gasteiger partial charge in [0.1, 0.15) is 11.6 Å². The minimum atomic E-state index is -0.360. The Hall–Kier alpha value is -2.47. The zero-order valence-electron chi connectivity index (χ0n) is 13.7. The summed E-state index contributed by atoms with van der Waals surface area (Å²) < 4.78 is 12.9. The molecule has 1 aliphatic heterocycles. The highest BCUT2D eigenvalue weighted by Gasteiger charge is 2.16. The Labute approximate surface area is 141 Å². The fourth-order valence-electron chi connectivity index (χ4n) is 2.74. The standard InChI is InChI=1S/C18H21FN4O/c1-2-22-9-11-23(12-10-22)17-8-7-16(13-20-17)21-18(24)14-3-5-15(19)6-4-14/h3-8,13H,2,9-12H2,1H3,(H,21,24). The molecular weight excluding hydrogens is 307 g/mol. The molecule has 24 heavy (non-hydrogen) atoms. The van der Waals surface area contributed by atoms with Gasteiger partial charge in [0.15, 0.2) is 0 Å². The van der Waals surface area contributed by atoms with Crippen LogP contribution in [0.15, 0.2) is 42.6 Å². The van der Waals surface area contributed by atoms with Gasteiger partial charge >= 0.3 is 0 Å². The van der Waals surface area contributed by atoms with Gasteiger partial charge in [-0.05, 0) is 42.9 Å². The van der Waals surface area contributed by atoms with Crippen LogP contribution in [-0.2, 0) is 0 Å². The van der Waals surface area contributed by atoms with Crippen molar-refractivity contribution >= 4 is 17.4 Å². The summed E-state index contributed by atoms with van der Waals surface area (Å²) in [7, 11) is 0. The molecule has 0 radical (unpaired) electrons. The number of hydrogen-bond acceptors (Lipinski definition) is 4. The molecule has 1 N–H and O–H groups in total. The van der Waals surface area contributed by atoms with Crippen molar-refractivity contribution in [3.63, 3.8) is 0 Å². The number of halogens is 1. The molecule has 1 aromatic heterocycles. The van der Waals surface area contributed by atoms with Crippen LogP contribution >= 0.6 is 0 Å². The molecule has 1 fully saturated rings. The lowest BCUT2D eigenvalue weighted by Gasteiger charge is -2.34. The number of nitrogens with zero attached hydrogens (tertiary/aromatic N) is 3. The molecule has 1 aromatic carbocycles. The van der Waals surface area contributed by atoms with Crippen molar-refractivity contribution in [2.24, 2.45) is 0 Å². The second-order valence-electron chi connectivity index (χ2n) is 5.79. The van der Waals surface area contributed by atoms with Gasteiger partial charge in [0.25, 0.3) is 5.91 Å². The first-order valence-electron chi connectivity index (χ1n) is 8.16. The van der Waals surface area contributed by atoms with Crippen molar-refractivity contribution < 1.29 is 9.18 Å². The predicted octanol–water partition coefficient (Wildman–Crippen LogP) is 2.61. The molecule has 2 heterocycles. The summed E-state index contributed by atoms with van der Waals surface area (Å²) in [5, 5.41) is 2.77. The number of rotatable bonds is 4. The lowest BCUT2D eigenvalue weighted by molar-refractivity contribution is 0.102. The third-order valence-electron chi connectivity index (χ3n) is 4.26. The van der Waals surface area contributed by atoms with E-state index in [0.29, 0.717) is 11.3 Å². The number of anilines is 2. The highest BCUT2D eigenvalue weighted by molar-refractivity contribution is 6.04. The maximum Gasteiger partial charge on any atom is 0.255 e. The van der Waals surface area contributed by atoms with Gasteiger partial charge in [0, 0.05) is 31.7 Å². The van der Waals surface area contributed by atoms with Crippen LogP contribution in [0.5, 0.6) is 0 Å². The molecule has 0 atom stereocenters. The van der Waals surface area contributed by atoms with E-state index in [1.54, 1.807) is 6.20 Å². The van der Waals surface area contributed by atoms with Crippen LogP contribution in [0.4, 0.5) is 15.9 Å². The van der Waals surface area contributed by atoms with Gasteiger partial charge in [-0.1, -0.05) is 6.92 Å². The number of carbonyl (C=O) groups excluding carboxylic acids is 1. The van der Waals surface area contributed by atoms with E-state index in [4.69, 9.17) is 0 Å². The van der Waals surface area contributed by atoms with E-state index in [1.165, 1.54) is 24.3 Å². The average molecular weight is 328 g/mol. The normalized spacial score (nSPS) is 15.3. The molecule has 0 spiro atoms. The van der Waals surface area contributed by atoms with Gasteiger partial charge in [0.2, 0.25) is 0 Å². The molecule has 0 bridgehead atoms. The Morgan fingerprint density at radius 3 is 2.42 bits per heavy atom. The molecular formula is C18H21FN4O. The SMILES string of the molecule is CCN1CCN(c2ccc(NC(=O)c3ccc(F)cc3)cn2)CC1. The van der Waals surface area contributed by atoms with Crippen LogP contribution < -0.4 is 10.2 Å². The van der Waals surface area contributed by atoms with E-state index in [1.807, 2.05) is 12.1 Å². The van der Waals surface area contributed by atoms with Gasteiger partial charge in [0.05, 0.1) is 11.9 Å². The maximum absolute atomic E-state index is 12.9. The second kappa shape index (κ2) is 7.40. The summed E-state index contributed by atoms with van der Waals surface area (Å²) in [5.41, 5.74) is 1.04. The van der Waals surface area contributed by atoms with E-state index in [0.717, 1.165) is 38.5 Å². The van der Waals surface area contributed by atoms with Crippen LogP contribution in [-0.4, -0.2) is 48.5 Å². The fraction of sp³-hybridized carbons (Fsp3) is 0.333. The largest absolute Gasteiger partial charge is 0.354 e. The first-order valence-corrected chi connectivity index (χ1v) is 8.16. The van der Waals surface area contributed by atoms with E-state index >= 15 is 0 Å². The summed E-state index contributed by atoms with van der Waals surface area (Å²) in [6.45, 7) is 7.26. The van der Waals surface area contributed by atoms with Gasteiger partial charge in [-0.25, -0.2) is 9.37 Å². The van der Waals surface area contributed by atoms with E-state index in [-0.39, 0.29) is 11.7 Å². The fourth-order valence-corrected chi connectivity index (χ4v) is 2.74. The summed E-state index contributed by atoms with van der Waals surface area (Å²) in [5.74, 6) is 0.285. The number of carbonyl (C=O) groups is 1. The number of nitrogens with one attached hydrogen (secondary N) is 1. The van der Waals surface area contributed by atoms with Crippen molar-refractivity contribution in [2.75, 3.05) is 42.9 Å². The molecule has 1 saturated heterocycles. The molecule has 2 aromatic rings. The van der Waals surface area contributed by atoms with Crippen LogP contribution in [0, 0.1) is 5.82 Å². The Bertz CT molecular complexity index is 679. The van der Waals surface area contributed by atoms with Gasteiger partial charge in [-0.3, -0.25) is 4.79 Å². The van der Waals surface area contributed by atoms with Crippen LogP contribution in [0.25, 0.3) is 0 Å². The number of piperazine rings is 1. The molecule has 6 heteroatoms. The van der Waals surface area contributed by atoms with Crippen molar-refractivity contribution in [3.05, 3.63) is 54.0 Å². The number of pyridine rings is 1. The van der Waals surface area contributed by atoms with E-state index in [2.05, 4.69) is 27.0 Å². The number of amides is 1. The molecule has 0 saturated carbocycles. The average Bonchev–Trinajstić information content (AvgIpc) is 2.63. The van der Waals surface area contributed by atoms with Crippen molar-refractivity contribution in [2.45, 2.75) is 6.92 Å². The third-order valence-corrected chi connectivity index (χ3v) is 4.26. The summed E-state index contributed by atoms with van der Waals surface area (Å²) >= 11 is 0. The van der Waals surface area contributed by atoms with E-state index < -0.39 is 0 Å². The van der Waals surface area contributed by atoms with Crippen LogP contribution in [0.3, 0.4) is 0 Å². The lowest BCUT2D eigenvalue weighted by atomic mass is 10.2. The molecule has 3 rings (SSSR count). The monoisotopic (exact) mass is 328 g/mol. The minimum Gasteiger partial charge on any atom is -0.354 e. The van der Waals surface area contributed by atoms with Gasteiger partial charge in [-0.2, -0.15) is 0 Å². The first-order chi connectivity index (χ1) is 11.7. The summed E-state index contributed by atoms with van der Waals surface area (Å²) in [4.78, 5) is 21.2. The zero-order chi connectivity index (χ0) is 16.9. The third kappa shape index (κ3) is 3.89. The van der Waals surface area contributed by atoms with Gasteiger partial charge < -0.3 is 15.1 Å². The van der Waals surface area contributed by atoms with Crippen molar-refractivity contribution in [1.82, 2.24) is 9.88 Å². The number of hydrogen-bond donors (Lipinski definition) is 1. The Morgan fingerprint density at radius 2 is 1.83 bits per heavy atom. The molecule has 0 aliphatic carbocycles. The zero-order valence-corrected chi connectivity index (χ0v) is 13.7. The maximum atomic E-state index is 12.9.